The Morgan fingerprint density at radius 3 is 2.17 bits per heavy atom. The highest BCUT2D eigenvalue weighted by atomic mass is 35.5. The van der Waals surface area contributed by atoms with Gasteiger partial charge in [-0.25, -0.2) is 5.43 Å². The molecule has 1 N–H and O–H groups in total. The average molecular weight is 424 g/mol. The molecule has 0 saturated carbocycles. The Labute approximate surface area is 178 Å². The molecule has 4 rings (SSSR count). The lowest BCUT2D eigenvalue weighted by Crippen LogP contribution is -2.20. The molecule has 0 atom stereocenters. The molecule has 0 aliphatic rings. The topological polar surface area (TPSA) is 46.4 Å². The van der Waals surface area contributed by atoms with Crippen LogP contribution in [0.5, 0.6) is 0 Å². The van der Waals surface area contributed by atoms with Crippen molar-refractivity contribution >= 4 is 56.6 Å². The number of hydrogen-bond acceptors (Lipinski definition) is 2. The maximum absolute atomic E-state index is 12.4. The second-order valence-corrected chi connectivity index (χ2v) is 7.61. The Hall–Kier alpha value is -2.82. The third-order valence-electron chi connectivity index (χ3n) is 4.93. The number of hydrogen-bond donors (Lipinski definition) is 1. The Morgan fingerprint density at radius 2 is 1.55 bits per heavy atom. The molecule has 1 aromatic heterocycles. The number of carbonyl (C=O) groups is 1. The van der Waals surface area contributed by atoms with Crippen LogP contribution in [0.25, 0.3) is 21.8 Å². The van der Waals surface area contributed by atoms with Crippen molar-refractivity contribution in [1.29, 1.82) is 0 Å². The lowest BCUT2D eigenvalue weighted by Gasteiger charge is -2.07. The monoisotopic (exact) mass is 423 g/mol. The number of aromatic nitrogens is 1. The molecule has 4 aromatic rings. The highest BCUT2D eigenvalue weighted by Gasteiger charge is 2.11. The van der Waals surface area contributed by atoms with Crippen LogP contribution in [0.2, 0.25) is 10.0 Å². The highest BCUT2D eigenvalue weighted by molar-refractivity contribution is 6.42. The van der Waals surface area contributed by atoms with Crippen molar-refractivity contribution in [3.63, 3.8) is 0 Å². The summed E-state index contributed by atoms with van der Waals surface area (Å²) in [6.45, 7) is 2.38. The number of nitrogens with one attached hydrogen (secondary N) is 1. The molecule has 4 nitrogen and oxygen atoms in total. The summed E-state index contributed by atoms with van der Waals surface area (Å²) in [5, 5.41) is 7.52. The molecule has 0 aliphatic carbocycles. The van der Waals surface area contributed by atoms with E-state index >= 15 is 0 Å². The third kappa shape index (κ3) is 4.00. The van der Waals surface area contributed by atoms with Gasteiger partial charge in [-0.2, -0.15) is 5.10 Å². The standard InChI is InChI=1S/C23H19Cl2N3O/c1-15(16-10-11-19(24)20(25)14-16)26-27-23(29)12-13-28-21-8-4-2-6-17(21)18-7-3-5-9-22(18)28/h2-11,14H,12-13H2,1H3,(H,27,29)/b26-15+. The maximum atomic E-state index is 12.4. The van der Waals surface area contributed by atoms with E-state index in [1.807, 2.05) is 37.3 Å². The Bertz CT molecular complexity index is 1190. The normalized spacial score (nSPS) is 11.9. The molecule has 0 aliphatic heterocycles. The number of benzene rings is 3. The van der Waals surface area contributed by atoms with Gasteiger partial charge in [-0.05, 0) is 36.8 Å². The molecule has 0 radical (unpaired) electrons. The average Bonchev–Trinajstić information content (AvgIpc) is 3.06. The van der Waals surface area contributed by atoms with Gasteiger partial charge in [0.25, 0.3) is 0 Å². The minimum absolute atomic E-state index is 0.147. The van der Waals surface area contributed by atoms with Crippen LogP contribution in [0.1, 0.15) is 18.9 Å². The van der Waals surface area contributed by atoms with Crippen molar-refractivity contribution in [3.05, 3.63) is 82.3 Å². The number of para-hydroxylation sites is 2. The molecule has 0 saturated heterocycles. The molecule has 0 spiro atoms. The van der Waals surface area contributed by atoms with E-state index in [4.69, 9.17) is 23.2 Å². The zero-order chi connectivity index (χ0) is 20.4. The smallest absolute Gasteiger partial charge is 0.241 e. The van der Waals surface area contributed by atoms with Gasteiger partial charge in [0.05, 0.1) is 15.8 Å². The second kappa shape index (κ2) is 8.27. The molecule has 6 heteroatoms. The fourth-order valence-electron chi connectivity index (χ4n) is 3.45. The number of hydrazone groups is 1. The summed E-state index contributed by atoms with van der Waals surface area (Å²) >= 11 is 12.0. The summed E-state index contributed by atoms with van der Waals surface area (Å²) in [6.07, 6.45) is 0.320. The first kappa shape index (κ1) is 19.5. The zero-order valence-corrected chi connectivity index (χ0v) is 17.3. The van der Waals surface area contributed by atoms with E-state index < -0.39 is 0 Å². The van der Waals surface area contributed by atoms with Gasteiger partial charge in [-0.15, -0.1) is 0 Å². The summed E-state index contributed by atoms with van der Waals surface area (Å²) in [5.74, 6) is -0.147. The molecule has 146 valence electrons. The SMILES string of the molecule is C/C(=N\NC(=O)CCn1c2ccccc2c2ccccc21)c1ccc(Cl)c(Cl)c1. The van der Waals surface area contributed by atoms with Crippen molar-refractivity contribution in [2.24, 2.45) is 5.10 Å². The second-order valence-electron chi connectivity index (χ2n) is 6.80. The zero-order valence-electron chi connectivity index (χ0n) is 15.8. The summed E-state index contributed by atoms with van der Waals surface area (Å²) in [4.78, 5) is 12.4. The Kier molecular flexibility index (Phi) is 5.56. The fraction of sp³-hybridized carbons (Fsp3) is 0.130. The fourth-order valence-corrected chi connectivity index (χ4v) is 3.74. The molecule has 29 heavy (non-hydrogen) atoms. The lowest BCUT2D eigenvalue weighted by atomic mass is 10.1. The molecule has 3 aromatic carbocycles. The van der Waals surface area contributed by atoms with Crippen LogP contribution < -0.4 is 5.43 Å². The van der Waals surface area contributed by atoms with Gasteiger partial charge in [0.1, 0.15) is 0 Å². The van der Waals surface area contributed by atoms with Gasteiger partial charge in [-0.1, -0.05) is 65.7 Å². The summed E-state index contributed by atoms with van der Waals surface area (Å²) < 4.78 is 2.18. The van der Waals surface area contributed by atoms with Crippen LogP contribution in [-0.4, -0.2) is 16.2 Å². The Morgan fingerprint density at radius 1 is 0.931 bits per heavy atom. The lowest BCUT2D eigenvalue weighted by molar-refractivity contribution is -0.121. The summed E-state index contributed by atoms with van der Waals surface area (Å²) in [5.41, 5.74) is 6.35. The maximum Gasteiger partial charge on any atom is 0.241 e. The van der Waals surface area contributed by atoms with Gasteiger partial charge in [0.2, 0.25) is 5.91 Å². The van der Waals surface area contributed by atoms with E-state index in [0.29, 0.717) is 28.7 Å². The molecule has 0 fully saturated rings. The first-order chi connectivity index (χ1) is 14.0. The molecular formula is C23H19Cl2N3O. The molecule has 0 bridgehead atoms. The van der Waals surface area contributed by atoms with E-state index in [-0.39, 0.29) is 5.91 Å². The van der Waals surface area contributed by atoms with Crippen LogP contribution in [0.15, 0.2) is 71.8 Å². The van der Waals surface area contributed by atoms with Crippen LogP contribution >= 0.6 is 23.2 Å². The van der Waals surface area contributed by atoms with Crippen molar-refractivity contribution < 1.29 is 4.79 Å². The van der Waals surface area contributed by atoms with Gasteiger partial charge < -0.3 is 4.57 Å². The van der Waals surface area contributed by atoms with Crippen LogP contribution in [0, 0.1) is 0 Å². The van der Waals surface area contributed by atoms with Crippen molar-refractivity contribution in [1.82, 2.24) is 9.99 Å². The van der Waals surface area contributed by atoms with E-state index in [1.165, 1.54) is 10.8 Å². The minimum Gasteiger partial charge on any atom is -0.340 e. The molecule has 1 heterocycles. The largest absolute Gasteiger partial charge is 0.340 e. The number of fused-ring (bicyclic) bond motifs is 3. The molecule has 1 amide bonds. The number of carbonyl (C=O) groups excluding carboxylic acids is 1. The van der Waals surface area contributed by atoms with Gasteiger partial charge >= 0.3 is 0 Å². The summed E-state index contributed by atoms with van der Waals surface area (Å²) in [7, 11) is 0. The van der Waals surface area contributed by atoms with E-state index in [2.05, 4.69) is 39.4 Å². The van der Waals surface area contributed by atoms with Crippen molar-refractivity contribution in [2.75, 3.05) is 0 Å². The molecular weight excluding hydrogens is 405 g/mol. The van der Waals surface area contributed by atoms with Crippen molar-refractivity contribution in [2.45, 2.75) is 19.9 Å². The number of aryl methyl sites for hydroxylation is 1. The van der Waals surface area contributed by atoms with Crippen LogP contribution in [-0.2, 0) is 11.3 Å². The van der Waals surface area contributed by atoms with Gasteiger partial charge in [-0.3, -0.25) is 4.79 Å². The molecule has 0 unspecified atom stereocenters. The van der Waals surface area contributed by atoms with Crippen molar-refractivity contribution in [3.8, 4) is 0 Å². The Balaban J connectivity index is 1.49. The first-order valence-electron chi connectivity index (χ1n) is 9.29. The quantitative estimate of drug-likeness (QED) is 0.309. The van der Waals surface area contributed by atoms with Gasteiger partial charge in [0.15, 0.2) is 0 Å². The number of nitrogens with zero attached hydrogens (tertiary/aromatic N) is 2. The van der Waals surface area contributed by atoms with Crippen LogP contribution in [0.3, 0.4) is 0 Å². The third-order valence-corrected chi connectivity index (χ3v) is 5.67. The van der Waals surface area contributed by atoms with E-state index in [9.17, 15) is 4.79 Å². The summed E-state index contributed by atoms with van der Waals surface area (Å²) in [6, 6.07) is 21.7. The number of amides is 1. The van der Waals surface area contributed by atoms with Gasteiger partial charge in [0, 0.05) is 34.8 Å². The van der Waals surface area contributed by atoms with Crippen LogP contribution in [0.4, 0.5) is 0 Å². The highest BCUT2D eigenvalue weighted by Crippen LogP contribution is 2.28. The van der Waals surface area contributed by atoms with E-state index in [1.54, 1.807) is 12.1 Å². The number of halogens is 2. The first-order valence-corrected chi connectivity index (χ1v) is 10.0. The predicted octanol–water partition coefficient (Wildman–Crippen LogP) is 6.03. The minimum atomic E-state index is -0.147. The number of rotatable bonds is 5. The predicted molar refractivity (Wildman–Crippen MR) is 121 cm³/mol. The van der Waals surface area contributed by atoms with E-state index in [0.717, 1.165) is 16.6 Å².